The van der Waals surface area contributed by atoms with E-state index >= 15 is 0 Å². The first-order valence-electron chi connectivity index (χ1n) is 10.3. The van der Waals surface area contributed by atoms with E-state index in [1.165, 1.54) is 12.3 Å². The van der Waals surface area contributed by atoms with Gasteiger partial charge in [0.2, 0.25) is 0 Å². The van der Waals surface area contributed by atoms with Gasteiger partial charge in [-0.15, -0.1) is 5.10 Å². The van der Waals surface area contributed by atoms with Crippen LogP contribution in [0, 0.1) is 10.1 Å². The Morgan fingerprint density at radius 3 is 2.36 bits per heavy atom. The summed E-state index contributed by atoms with van der Waals surface area (Å²) in [5, 5.41) is 26.7. The van der Waals surface area contributed by atoms with E-state index in [2.05, 4.69) is 30.8 Å². The number of rotatable bonds is 7. The number of carbonyl (C=O) groups excluding carboxylic acids is 1. The molecule has 0 bridgehead atoms. The predicted molar refractivity (Wildman–Crippen MR) is 117 cm³/mol. The fourth-order valence-electron chi connectivity index (χ4n) is 3.63. The number of tetrazole rings is 1. The molecule has 2 saturated heterocycles. The summed E-state index contributed by atoms with van der Waals surface area (Å²) < 4.78 is 10.8. The third-order valence-corrected chi connectivity index (χ3v) is 5.17. The Labute approximate surface area is 188 Å². The van der Waals surface area contributed by atoms with Crippen molar-refractivity contribution in [3.63, 3.8) is 0 Å². The summed E-state index contributed by atoms with van der Waals surface area (Å²) in [6.07, 6.45) is 1.39. The molecule has 15 nitrogen and oxygen atoms in total. The number of nitrogen functional groups attached to an aromatic ring is 1. The summed E-state index contributed by atoms with van der Waals surface area (Å²) in [5.74, 6) is -0.551. The highest BCUT2D eigenvalue weighted by Gasteiger charge is 2.26. The minimum Gasteiger partial charge on any atom is -0.378 e. The second kappa shape index (κ2) is 10.2. The van der Waals surface area contributed by atoms with Crippen molar-refractivity contribution in [3.05, 3.63) is 27.8 Å². The van der Waals surface area contributed by atoms with E-state index in [1.54, 1.807) is 6.07 Å². The number of nitro groups is 1. The highest BCUT2D eigenvalue weighted by Crippen LogP contribution is 2.36. The molecule has 0 unspecified atom stereocenters. The van der Waals surface area contributed by atoms with Crippen molar-refractivity contribution < 1.29 is 19.2 Å². The Balaban J connectivity index is 1.60. The third kappa shape index (κ3) is 5.50. The van der Waals surface area contributed by atoms with Crippen LogP contribution in [0.3, 0.4) is 0 Å². The van der Waals surface area contributed by atoms with Crippen LogP contribution in [0.4, 0.5) is 23.0 Å². The number of aromatic nitrogens is 4. The maximum absolute atomic E-state index is 12.1. The number of nitro benzene ring substituents is 1. The van der Waals surface area contributed by atoms with Gasteiger partial charge in [-0.1, -0.05) is 5.10 Å². The molecule has 176 valence electrons. The molecule has 1 aromatic heterocycles. The second-order valence-corrected chi connectivity index (χ2v) is 7.33. The number of ether oxygens (including phenoxy) is 2. The quantitative estimate of drug-likeness (QED) is 0.293. The van der Waals surface area contributed by atoms with E-state index in [-0.39, 0.29) is 18.2 Å². The molecule has 0 radical (unpaired) electrons. The van der Waals surface area contributed by atoms with Crippen molar-refractivity contribution in [1.82, 2.24) is 25.6 Å². The molecule has 0 aliphatic carbocycles. The lowest BCUT2D eigenvalue weighted by Gasteiger charge is -2.33. The SMILES string of the molecule is Nc1nnn(CC(=O)N/N=C/c2cc([N+](=O)[O-])c(N3CCOCC3)cc2N2CCOCC2)n1. The average Bonchev–Trinajstić information content (AvgIpc) is 3.24. The van der Waals surface area contributed by atoms with Crippen LogP contribution in [-0.4, -0.2) is 89.9 Å². The van der Waals surface area contributed by atoms with Gasteiger partial charge >= 0.3 is 0 Å². The van der Waals surface area contributed by atoms with Crippen molar-refractivity contribution in [2.45, 2.75) is 6.54 Å². The minimum atomic E-state index is -0.504. The van der Waals surface area contributed by atoms with Crippen LogP contribution < -0.4 is 21.0 Å². The zero-order valence-corrected chi connectivity index (χ0v) is 17.8. The van der Waals surface area contributed by atoms with Crippen molar-refractivity contribution in [2.75, 3.05) is 68.1 Å². The molecular weight excluding hydrogens is 436 g/mol. The molecule has 2 fully saturated rings. The summed E-state index contributed by atoms with van der Waals surface area (Å²) in [6, 6.07) is 3.28. The number of hydrogen-bond acceptors (Lipinski definition) is 12. The molecule has 3 heterocycles. The zero-order valence-electron chi connectivity index (χ0n) is 17.8. The van der Waals surface area contributed by atoms with E-state index in [0.29, 0.717) is 63.9 Å². The van der Waals surface area contributed by atoms with Crippen LogP contribution in [0.15, 0.2) is 17.2 Å². The Bertz CT molecular complexity index is 1030. The largest absolute Gasteiger partial charge is 0.378 e. The monoisotopic (exact) mass is 460 g/mol. The Morgan fingerprint density at radius 2 is 1.79 bits per heavy atom. The molecule has 2 aliphatic heterocycles. The van der Waals surface area contributed by atoms with Gasteiger partial charge in [-0.3, -0.25) is 14.9 Å². The molecule has 2 aliphatic rings. The van der Waals surface area contributed by atoms with Gasteiger partial charge in [-0.25, -0.2) is 5.43 Å². The van der Waals surface area contributed by atoms with Crippen molar-refractivity contribution >= 4 is 35.1 Å². The molecule has 3 N–H and O–H groups in total. The van der Waals surface area contributed by atoms with E-state index in [9.17, 15) is 14.9 Å². The molecule has 15 heteroatoms. The van der Waals surface area contributed by atoms with Gasteiger partial charge in [0.1, 0.15) is 12.2 Å². The first kappa shape index (κ1) is 22.3. The second-order valence-electron chi connectivity index (χ2n) is 7.33. The topological polar surface area (TPSA) is 179 Å². The molecule has 4 rings (SSSR count). The van der Waals surface area contributed by atoms with E-state index in [0.717, 1.165) is 10.5 Å². The molecular formula is C18H24N10O5. The van der Waals surface area contributed by atoms with Gasteiger partial charge in [0.15, 0.2) is 0 Å². The number of benzene rings is 1. The standard InChI is InChI=1S/C18H24N10O5/c19-18-22-24-27(23-18)12-17(29)21-20-11-13-9-16(28(30)31)15(26-3-7-33-8-4-26)10-14(13)25-1-5-32-6-2-25/h9-11H,1-8,12H2,(H2,19,23)(H,21,29)/b20-11+. The fraction of sp³-hybridized carbons (Fsp3) is 0.500. The van der Waals surface area contributed by atoms with E-state index in [1.807, 2.05) is 4.90 Å². The molecule has 1 amide bonds. The number of anilines is 3. The van der Waals surface area contributed by atoms with Gasteiger partial charge in [0.05, 0.1) is 37.6 Å². The fourth-order valence-corrected chi connectivity index (χ4v) is 3.63. The Morgan fingerprint density at radius 1 is 1.15 bits per heavy atom. The highest BCUT2D eigenvalue weighted by atomic mass is 16.6. The predicted octanol–water partition coefficient (Wildman–Crippen LogP) is -1.01. The number of hydrogen-bond donors (Lipinski definition) is 2. The Kier molecular flexibility index (Phi) is 6.89. The molecule has 33 heavy (non-hydrogen) atoms. The number of nitrogens with one attached hydrogen (secondary N) is 1. The van der Waals surface area contributed by atoms with Crippen LogP contribution in [0.2, 0.25) is 0 Å². The van der Waals surface area contributed by atoms with Crippen molar-refractivity contribution in [3.8, 4) is 0 Å². The van der Waals surface area contributed by atoms with Crippen molar-refractivity contribution in [2.24, 2.45) is 5.10 Å². The van der Waals surface area contributed by atoms with Crippen LogP contribution in [0.5, 0.6) is 0 Å². The molecule has 0 saturated carbocycles. The lowest BCUT2D eigenvalue weighted by atomic mass is 10.1. The highest BCUT2D eigenvalue weighted by molar-refractivity contribution is 5.93. The van der Waals surface area contributed by atoms with Gasteiger partial charge in [0.25, 0.3) is 17.5 Å². The lowest BCUT2D eigenvalue weighted by molar-refractivity contribution is -0.384. The number of amides is 1. The summed E-state index contributed by atoms with van der Waals surface area (Å²) in [6.45, 7) is 4.27. The lowest BCUT2D eigenvalue weighted by Crippen LogP contribution is -2.38. The summed E-state index contributed by atoms with van der Waals surface area (Å²) in [5.41, 5.74) is 9.51. The van der Waals surface area contributed by atoms with Gasteiger partial charge < -0.3 is 25.0 Å². The van der Waals surface area contributed by atoms with E-state index < -0.39 is 10.8 Å². The maximum atomic E-state index is 12.1. The minimum absolute atomic E-state index is 0.0380. The normalized spacial score (nSPS) is 16.8. The van der Waals surface area contributed by atoms with Crippen LogP contribution in [-0.2, 0) is 20.8 Å². The zero-order chi connectivity index (χ0) is 23.2. The van der Waals surface area contributed by atoms with Crippen LogP contribution in [0.1, 0.15) is 5.56 Å². The van der Waals surface area contributed by atoms with Gasteiger partial charge in [-0.05, 0) is 11.3 Å². The van der Waals surface area contributed by atoms with E-state index in [4.69, 9.17) is 15.2 Å². The first-order chi connectivity index (χ1) is 16.0. The third-order valence-electron chi connectivity index (χ3n) is 5.17. The molecule has 1 aromatic carbocycles. The van der Waals surface area contributed by atoms with Crippen LogP contribution >= 0.6 is 0 Å². The molecule has 2 aromatic rings. The number of nitrogens with two attached hydrogens (primary N) is 1. The van der Waals surface area contributed by atoms with Gasteiger partial charge in [0, 0.05) is 43.5 Å². The number of carbonyl (C=O) groups is 1. The van der Waals surface area contributed by atoms with Gasteiger partial charge in [-0.2, -0.15) is 9.90 Å². The summed E-state index contributed by atoms with van der Waals surface area (Å²) in [4.78, 5) is 28.6. The van der Waals surface area contributed by atoms with Crippen molar-refractivity contribution in [1.29, 1.82) is 0 Å². The number of morpholine rings is 2. The first-order valence-corrected chi connectivity index (χ1v) is 10.3. The smallest absolute Gasteiger partial charge is 0.293 e. The average molecular weight is 460 g/mol. The summed E-state index contributed by atoms with van der Waals surface area (Å²) >= 11 is 0. The Hall–Kier alpha value is -3.85. The maximum Gasteiger partial charge on any atom is 0.293 e. The van der Waals surface area contributed by atoms with Crippen LogP contribution in [0.25, 0.3) is 0 Å². The summed E-state index contributed by atoms with van der Waals surface area (Å²) in [7, 11) is 0. The number of nitrogens with zero attached hydrogens (tertiary/aromatic N) is 8. The molecule has 0 atom stereocenters. The molecule has 0 spiro atoms. The number of hydrazone groups is 1.